The summed E-state index contributed by atoms with van der Waals surface area (Å²) in [7, 11) is 1.73. The van der Waals surface area contributed by atoms with Crippen molar-refractivity contribution in [1.82, 2.24) is 0 Å². The SMILES string of the molecule is C=CC1CCC/C1=C/COC. The maximum Gasteiger partial charge on any atom is 0.0646 e. The smallest absolute Gasteiger partial charge is 0.0646 e. The molecule has 1 unspecified atom stereocenters. The molecule has 0 radical (unpaired) electrons. The molecule has 0 aliphatic heterocycles. The number of allylic oxidation sites excluding steroid dienone is 2. The fraction of sp³-hybridized carbons (Fsp3) is 0.600. The summed E-state index contributed by atoms with van der Waals surface area (Å²) in [6.07, 6.45) is 8.07. The highest BCUT2D eigenvalue weighted by atomic mass is 16.5. The van der Waals surface area contributed by atoms with Crippen LogP contribution in [0.15, 0.2) is 24.3 Å². The van der Waals surface area contributed by atoms with Crippen molar-refractivity contribution in [2.24, 2.45) is 5.92 Å². The molecule has 0 aromatic carbocycles. The molecule has 0 amide bonds. The van der Waals surface area contributed by atoms with E-state index in [9.17, 15) is 0 Å². The quantitative estimate of drug-likeness (QED) is 0.565. The van der Waals surface area contributed by atoms with Gasteiger partial charge in [0.15, 0.2) is 0 Å². The van der Waals surface area contributed by atoms with E-state index in [0.29, 0.717) is 5.92 Å². The summed E-state index contributed by atoms with van der Waals surface area (Å²) in [6, 6.07) is 0. The van der Waals surface area contributed by atoms with Gasteiger partial charge in [0.05, 0.1) is 6.61 Å². The highest BCUT2D eigenvalue weighted by Crippen LogP contribution is 2.31. The van der Waals surface area contributed by atoms with Crippen molar-refractivity contribution in [3.8, 4) is 0 Å². The van der Waals surface area contributed by atoms with E-state index in [1.165, 1.54) is 24.8 Å². The number of ether oxygens (including phenoxy) is 1. The Labute approximate surface area is 68.8 Å². The van der Waals surface area contributed by atoms with Crippen molar-refractivity contribution < 1.29 is 4.74 Å². The molecule has 0 aromatic rings. The summed E-state index contributed by atoms with van der Waals surface area (Å²) in [5.41, 5.74) is 1.52. The number of methoxy groups -OCH3 is 1. The van der Waals surface area contributed by atoms with Crippen molar-refractivity contribution in [3.05, 3.63) is 24.3 Å². The second-order valence-electron chi connectivity index (χ2n) is 2.97. The van der Waals surface area contributed by atoms with Crippen LogP contribution in [0.5, 0.6) is 0 Å². The second-order valence-corrected chi connectivity index (χ2v) is 2.97. The van der Waals surface area contributed by atoms with Gasteiger partial charge in [-0.3, -0.25) is 0 Å². The maximum atomic E-state index is 4.99. The van der Waals surface area contributed by atoms with Gasteiger partial charge in [-0.15, -0.1) is 6.58 Å². The van der Waals surface area contributed by atoms with Crippen LogP contribution in [0.1, 0.15) is 19.3 Å². The zero-order chi connectivity index (χ0) is 8.10. The molecule has 0 aromatic heterocycles. The molecule has 0 N–H and O–H groups in total. The van der Waals surface area contributed by atoms with Crippen LogP contribution in [-0.4, -0.2) is 13.7 Å². The standard InChI is InChI=1S/C10H16O/c1-3-9-5-4-6-10(9)7-8-11-2/h3,7,9H,1,4-6,8H2,2H3/b10-7-. The molecule has 1 nitrogen and oxygen atoms in total. The summed E-state index contributed by atoms with van der Waals surface area (Å²) in [5.74, 6) is 0.630. The lowest BCUT2D eigenvalue weighted by Crippen LogP contribution is -1.93. The highest BCUT2D eigenvalue weighted by Gasteiger charge is 2.16. The number of hydrogen-bond donors (Lipinski definition) is 0. The molecule has 11 heavy (non-hydrogen) atoms. The van der Waals surface area contributed by atoms with Gasteiger partial charge in [-0.1, -0.05) is 17.7 Å². The van der Waals surface area contributed by atoms with Crippen LogP contribution < -0.4 is 0 Å². The van der Waals surface area contributed by atoms with Gasteiger partial charge in [0.2, 0.25) is 0 Å². The lowest BCUT2D eigenvalue weighted by Gasteiger charge is -2.04. The highest BCUT2D eigenvalue weighted by molar-refractivity contribution is 5.16. The first-order chi connectivity index (χ1) is 5.38. The summed E-state index contributed by atoms with van der Waals surface area (Å²) in [4.78, 5) is 0. The van der Waals surface area contributed by atoms with Gasteiger partial charge in [-0.25, -0.2) is 0 Å². The molecular formula is C10H16O. The first-order valence-electron chi connectivity index (χ1n) is 4.19. The molecule has 1 heteroatoms. The van der Waals surface area contributed by atoms with Gasteiger partial charge in [0, 0.05) is 7.11 Å². The third-order valence-corrected chi connectivity index (χ3v) is 2.25. The van der Waals surface area contributed by atoms with Crippen LogP contribution in [0, 0.1) is 5.92 Å². The van der Waals surface area contributed by atoms with Crippen LogP contribution in [0.3, 0.4) is 0 Å². The van der Waals surface area contributed by atoms with Crippen LogP contribution in [0.25, 0.3) is 0 Å². The molecule has 1 aliphatic carbocycles. The van der Waals surface area contributed by atoms with Crippen molar-refractivity contribution in [2.75, 3.05) is 13.7 Å². The molecule has 1 fully saturated rings. The summed E-state index contributed by atoms with van der Waals surface area (Å²) in [5, 5.41) is 0. The Morgan fingerprint density at radius 1 is 1.73 bits per heavy atom. The zero-order valence-electron chi connectivity index (χ0n) is 7.18. The molecule has 1 atom stereocenters. The Bertz CT molecular complexity index is 158. The second kappa shape index (κ2) is 4.35. The molecule has 0 bridgehead atoms. The maximum absolute atomic E-state index is 4.99. The molecule has 0 saturated heterocycles. The average molecular weight is 152 g/mol. The minimum Gasteiger partial charge on any atom is -0.381 e. The predicted octanol–water partition coefficient (Wildman–Crippen LogP) is 2.55. The Kier molecular flexibility index (Phi) is 3.37. The van der Waals surface area contributed by atoms with Gasteiger partial charge in [-0.2, -0.15) is 0 Å². The van der Waals surface area contributed by atoms with Gasteiger partial charge < -0.3 is 4.74 Å². The Morgan fingerprint density at radius 3 is 3.18 bits per heavy atom. The summed E-state index contributed by atoms with van der Waals surface area (Å²) < 4.78 is 4.99. The van der Waals surface area contributed by atoms with Crippen LogP contribution >= 0.6 is 0 Å². The van der Waals surface area contributed by atoms with E-state index in [2.05, 4.69) is 18.7 Å². The third-order valence-electron chi connectivity index (χ3n) is 2.25. The zero-order valence-corrected chi connectivity index (χ0v) is 7.18. The van der Waals surface area contributed by atoms with E-state index in [1.807, 2.05) is 0 Å². The van der Waals surface area contributed by atoms with Gasteiger partial charge in [-0.05, 0) is 25.2 Å². The van der Waals surface area contributed by atoms with E-state index in [1.54, 1.807) is 7.11 Å². The van der Waals surface area contributed by atoms with Crippen molar-refractivity contribution >= 4 is 0 Å². The molecule has 1 rings (SSSR count). The first-order valence-corrected chi connectivity index (χ1v) is 4.19. The van der Waals surface area contributed by atoms with E-state index in [4.69, 9.17) is 4.74 Å². The lowest BCUT2D eigenvalue weighted by molar-refractivity contribution is 0.233. The molecule has 0 heterocycles. The minimum absolute atomic E-state index is 0.630. The fourth-order valence-electron chi connectivity index (χ4n) is 1.61. The van der Waals surface area contributed by atoms with E-state index in [0.717, 1.165) is 6.61 Å². The predicted molar refractivity (Wildman–Crippen MR) is 47.5 cm³/mol. The van der Waals surface area contributed by atoms with Gasteiger partial charge in [0.1, 0.15) is 0 Å². The Balaban J connectivity index is 2.48. The van der Waals surface area contributed by atoms with Crippen molar-refractivity contribution in [3.63, 3.8) is 0 Å². The topological polar surface area (TPSA) is 9.23 Å². The van der Waals surface area contributed by atoms with Crippen LogP contribution in [0.4, 0.5) is 0 Å². The third kappa shape index (κ3) is 2.19. The molecule has 1 aliphatic rings. The molecule has 0 spiro atoms. The van der Waals surface area contributed by atoms with E-state index >= 15 is 0 Å². The summed E-state index contributed by atoms with van der Waals surface area (Å²) >= 11 is 0. The Hall–Kier alpha value is -0.560. The monoisotopic (exact) mass is 152 g/mol. The molecule has 62 valence electrons. The largest absolute Gasteiger partial charge is 0.381 e. The van der Waals surface area contributed by atoms with Crippen molar-refractivity contribution in [2.45, 2.75) is 19.3 Å². The number of hydrogen-bond acceptors (Lipinski definition) is 1. The summed E-state index contributed by atoms with van der Waals surface area (Å²) in [6.45, 7) is 4.57. The molecule has 1 saturated carbocycles. The fourth-order valence-corrected chi connectivity index (χ4v) is 1.61. The lowest BCUT2D eigenvalue weighted by atomic mass is 10.0. The van der Waals surface area contributed by atoms with Gasteiger partial charge >= 0.3 is 0 Å². The van der Waals surface area contributed by atoms with E-state index in [-0.39, 0.29) is 0 Å². The van der Waals surface area contributed by atoms with E-state index < -0.39 is 0 Å². The van der Waals surface area contributed by atoms with Crippen LogP contribution in [0.2, 0.25) is 0 Å². The first kappa shape index (κ1) is 8.54. The van der Waals surface area contributed by atoms with Gasteiger partial charge in [0.25, 0.3) is 0 Å². The van der Waals surface area contributed by atoms with Crippen LogP contribution in [-0.2, 0) is 4.74 Å². The normalized spacial score (nSPS) is 27.7. The molecular weight excluding hydrogens is 136 g/mol. The van der Waals surface area contributed by atoms with Crippen molar-refractivity contribution in [1.29, 1.82) is 0 Å². The Morgan fingerprint density at radius 2 is 2.55 bits per heavy atom. The average Bonchev–Trinajstić information content (AvgIpc) is 2.47. The minimum atomic E-state index is 0.630. The number of rotatable bonds is 3.